The van der Waals surface area contributed by atoms with Crippen LogP contribution in [0, 0.1) is 0 Å². The number of nitrogens with zero attached hydrogens (tertiary/aromatic N) is 2. The van der Waals surface area contributed by atoms with Crippen LogP contribution in [0.15, 0.2) is 18.2 Å². The number of amides is 1. The van der Waals surface area contributed by atoms with Gasteiger partial charge in [0.05, 0.1) is 14.2 Å². The summed E-state index contributed by atoms with van der Waals surface area (Å²) >= 11 is 0. The number of benzene rings is 1. The monoisotopic (exact) mass is 421 g/mol. The van der Waals surface area contributed by atoms with Crippen LogP contribution in [0.1, 0.15) is 70.5 Å². The molecule has 172 valence electrons. The quantitative estimate of drug-likeness (QED) is 0.618. The Morgan fingerprint density at radius 1 is 1.17 bits per heavy atom. The molecule has 1 N–H and O–H groups in total. The predicted octanol–water partition coefficient (Wildman–Crippen LogP) is 4.84. The summed E-state index contributed by atoms with van der Waals surface area (Å²) in [7, 11) is 3.13. The fourth-order valence-electron chi connectivity index (χ4n) is 3.75. The summed E-state index contributed by atoms with van der Waals surface area (Å²) in [4.78, 5) is 16.1. The van der Waals surface area contributed by atoms with E-state index in [4.69, 9.17) is 4.74 Å². The molecule has 1 unspecified atom stereocenters. The molecule has 1 aromatic rings. The Morgan fingerprint density at radius 3 is 2.40 bits per heavy atom. The molecule has 30 heavy (non-hydrogen) atoms. The Labute approximate surface area is 183 Å². The third kappa shape index (κ3) is 8.92. The fourth-order valence-corrected chi connectivity index (χ4v) is 3.75. The first kappa shape index (κ1) is 26.2. The number of rotatable bonds is 9. The zero-order valence-electron chi connectivity index (χ0n) is 20.0. The minimum atomic E-state index is -0.382. The molecule has 1 aliphatic heterocycles. The molecule has 1 atom stereocenters. The van der Waals surface area contributed by atoms with E-state index in [1.54, 1.807) is 7.11 Å². The third-order valence-electron chi connectivity index (χ3n) is 5.44. The smallest absolute Gasteiger partial charge is 0.406 e. The van der Waals surface area contributed by atoms with E-state index in [1.807, 2.05) is 0 Å². The molecule has 1 aliphatic rings. The molecule has 1 heterocycles. The van der Waals surface area contributed by atoms with Crippen molar-refractivity contribution in [1.82, 2.24) is 15.1 Å². The highest BCUT2D eigenvalue weighted by atomic mass is 16.5. The van der Waals surface area contributed by atoms with Gasteiger partial charge in [-0.05, 0) is 57.1 Å². The van der Waals surface area contributed by atoms with Crippen molar-refractivity contribution < 1.29 is 14.3 Å². The summed E-state index contributed by atoms with van der Waals surface area (Å²) in [5.41, 5.74) is 2.54. The van der Waals surface area contributed by atoms with E-state index >= 15 is 0 Å². The van der Waals surface area contributed by atoms with Gasteiger partial charge in [0.15, 0.2) is 0 Å². The first-order valence-corrected chi connectivity index (χ1v) is 11.5. The van der Waals surface area contributed by atoms with Crippen molar-refractivity contribution >= 4 is 6.09 Å². The Kier molecular flexibility index (Phi) is 13.2. The lowest BCUT2D eigenvalue weighted by Gasteiger charge is -2.30. The van der Waals surface area contributed by atoms with Crippen molar-refractivity contribution in [2.24, 2.45) is 0 Å². The summed E-state index contributed by atoms with van der Waals surface area (Å²) in [6.07, 6.45) is 4.78. The van der Waals surface area contributed by atoms with Gasteiger partial charge in [-0.25, -0.2) is 4.79 Å². The predicted molar refractivity (Wildman–Crippen MR) is 124 cm³/mol. The Bertz CT molecular complexity index is 603. The van der Waals surface area contributed by atoms with Gasteiger partial charge < -0.3 is 14.8 Å². The van der Waals surface area contributed by atoms with Crippen molar-refractivity contribution in [3.63, 3.8) is 0 Å². The number of carbonyl (C=O) groups excluding carboxylic acids is 1. The highest BCUT2D eigenvalue weighted by molar-refractivity contribution is 5.66. The van der Waals surface area contributed by atoms with Crippen LogP contribution in [0.4, 0.5) is 4.79 Å². The van der Waals surface area contributed by atoms with Gasteiger partial charge in [-0.3, -0.25) is 9.80 Å². The lowest BCUT2D eigenvalue weighted by molar-refractivity contribution is 0.165. The maximum Gasteiger partial charge on any atom is 0.406 e. The standard InChI is InChI=1S/C21H35N3O3.C3H8/c1-5-24(14-11-22-21(25)27-4)17(2)18-9-10-20(26-3)19(15-18)16-23-12-7-6-8-13-23;1-3-2/h9-10,15,17H,5-8,11-14,16H2,1-4H3,(H,22,25);3H2,1-2H3. The number of carbonyl (C=O) groups is 1. The molecular formula is C24H43N3O3. The van der Waals surface area contributed by atoms with Crippen molar-refractivity contribution in [3.05, 3.63) is 29.3 Å². The highest BCUT2D eigenvalue weighted by Gasteiger charge is 2.18. The molecule has 0 bridgehead atoms. The van der Waals surface area contributed by atoms with Gasteiger partial charge in [0, 0.05) is 31.2 Å². The molecule has 0 aliphatic carbocycles. The molecule has 1 aromatic carbocycles. The molecule has 6 nitrogen and oxygen atoms in total. The first-order valence-electron chi connectivity index (χ1n) is 11.5. The number of hydrogen-bond donors (Lipinski definition) is 1. The van der Waals surface area contributed by atoms with E-state index < -0.39 is 0 Å². The van der Waals surface area contributed by atoms with Gasteiger partial charge in [-0.1, -0.05) is 39.7 Å². The van der Waals surface area contributed by atoms with E-state index in [1.165, 1.54) is 57.0 Å². The SMILES string of the molecule is CCC.CCN(CCNC(=O)OC)C(C)c1ccc(OC)c(CN2CCCCC2)c1. The van der Waals surface area contributed by atoms with Gasteiger partial charge in [0.25, 0.3) is 0 Å². The fraction of sp³-hybridized carbons (Fsp3) is 0.708. The first-order chi connectivity index (χ1) is 14.5. The average molecular weight is 422 g/mol. The summed E-state index contributed by atoms with van der Waals surface area (Å²) in [5, 5.41) is 2.76. The number of ether oxygens (including phenoxy) is 2. The number of hydrogen-bond acceptors (Lipinski definition) is 5. The zero-order valence-corrected chi connectivity index (χ0v) is 20.0. The number of methoxy groups -OCH3 is 2. The maximum absolute atomic E-state index is 11.3. The van der Waals surface area contributed by atoms with Crippen molar-refractivity contribution in [3.8, 4) is 5.75 Å². The van der Waals surface area contributed by atoms with Crippen LogP contribution in [0.2, 0.25) is 0 Å². The molecule has 0 saturated carbocycles. The van der Waals surface area contributed by atoms with E-state index in [0.29, 0.717) is 6.54 Å². The van der Waals surface area contributed by atoms with Gasteiger partial charge in [0.1, 0.15) is 5.75 Å². The second kappa shape index (κ2) is 15.1. The van der Waals surface area contributed by atoms with E-state index in [0.717, 1.165) is 25.4 Å². The second-order valence-corrected chi connectivity index (χ2v) is 7.84. The minimum Gasteiger partial charge on any atom is -0.496 e. The largest absolute Gasteiger partial charge is 0.496 e. The second-order valence-electron chi connectivity index (χ2n) is 7.84. The number of piperidine rings is 1. The minimum absolute atomic E-state index is 0.264. The van der Waals surface area contributed by atoms with Gasteiger partial charge >= 0.3 is 6.09 Å². The van der Waals surface area contributed by atoms with Gasteiger partial charge in [-0.2, -0.15) is 0 Å². The summed E-state index contributed by atoms with van der Waals surface area (Å²) < 4.78 is 10.2. The Hall–Kier alpha value is -1.79. The van der Waals surface area contributed by atoms with E-state index in [2.05, 4.69) is 65.7 Å². The van der Waals surface area contributed by atoms with Crippen LogP contribution in [-0.2, 0) is 11.3 Å². The molecule has 0 spiro atoms. The maximum atomic E-state index is 11.3. The van der Waals surface area contributed by atoms with Crippen LogP contribution in [0.25, 0.3) is 0 Å². The molecule has 6 heteroatoms. The summed E-state index contributed by atoms with van der Waals surface area (Å²) in [5.74, 6) is 0.965. The lowest BCUT2D eigenvalue weighted by Crippen LogP contribution is -2.36. The highest BCUT2D eigenvalue weighted by Crippen LogP contribution is 2.28. The Morgan fingerprint density at radius 2 is 1.83 bits per heavy atom. The van der Waals surface area contributed by atoms with Crippen molar-refractivity contribution in [2.45, 2.75) is 66.0 Å². The molecule has 0 aromatic heterocycles. The zero-order chi connectivity index (χ0) is 22.4. The van der Waals surface area contributed by atoms with Crippen LogP contribution < -0.4 is 10.1 Å². The molecule has 1 saturated heterocycles. The van der Waals surface area contributed by atoms with Gasteiger partial charge in [-0.15, -0.1) is 0 Å². The molecular weight excluding hydrogens is 378 g/mol. The normalized spacial score (nSPS) is 15.2. The summed E-state index contributed by atoms with van der Waals surface area (Å²) in [6, 6.07) is 6.79. The van der Waals surface area contributed by atoms with Crippen LogP contribution in [0.3, 0.4) is 0 Å². The molecule has 1 amide bonds. The number of likely N-dealkylation sites (tertiary alicyclic amines) is 1. The molecule has 2 rings (SSSR count). The van der Waals surface area contributed by atoms with Crippen molar-refractivity contribution in [1.29, 1.82) is 0 Å². The average Bonchev–Trinajstić information content (AvgIpc) is 2.77. The van der Waals surface area contributed by atoms with E-state index in [-0.39, 0.29) is 12.1 Å². The number of alkyl carbamates (subject to hydrolysis) is 1. The number of nitrogens with one attached hydrogen (secondary N) is 1. The molecule has 1 fully saturated rings. The third-order valence-corrected chi connectivity index (χ3v) is 5.44. The summed E-state index contributed by atoms with van der Waals surface area (Å²) in [6.45, 7) is 14.2. The van der Waals surface area contributed by atoms with Crippen LogP contribution in [0.5, 0.6) is 5.75 Å². The topological polar surface area (TPSA) is 54.0 Å². The van der Waals surface area contributed by atoms with Gasteiger partial charge in [0.2, 0.25) is 0 Å². The number of likely N-dealkylation sites (N-methyl/N-ethyl adjacent to an activating group) is 1. The van der Waals surface area contributed by atoms with Crippen LogP contribution >= 0.6 is 0 Å². The van der Waals surface area contributed by atoms with E-state index in [9.17, 15) is 4.79 Å². The molecule has 0 radical (unpaired) electrons. The lowest BCUT2D eigenvalue weighted by atomic mass is 10.0. The Balaban J connectivity index is 0.00000141. The van der Waals surface area contributed by atoms with Crippen molar-refractivity contribution in [2.75, 3.05) is 46.9 Å². The van der Waals surface area contributed by atoms with Crippen LogP contribution in [-0.4, -0.2) is 62.8 Å².